The van der Waals surface area contributed by atoms with Crippen LogP contribution in [0.1, 0.15) is 17.2 Å². The van der Waals surface area contributed by atoms with Gasteiger partial charge in [0.1, 0.15) is 11.6 Å². The van der Waals surface area contributed by atoms with E-state index in [0.29, 0.717) is 5.56 Å². The Bertz CT molecular complexity index is 1300. The highest BCUT2D eigenvalue weighted by atomic mass is 16.6. The van der Waals surface area contributed by atoms with Crippen LogP contribution in [0.3, 0.4) is 0 Å². The molecule has 1 aliphatic heterocycles. The van der Waals surface area contributed by atoms with Gasteiger partial charge in [0, 0.05) is 36.0 Å². The molecule has 0 radical (unpaired) electrons. The number of hydrogen-bond donors (Lipinski definition) is 1. The number of carbonyl (C=O) groups is 2. The number of aliphatic hydroxyl groups is 1. The first kappa shape index (κ1) is 21.3. The zero-order valence-electron chi connectivity index (χ0n) is 16.7. The molecule has 1 aromatic heterocycles. The zero-order chi connectivity index (χ0) is 23.7. The van der Waals surface area contributed by atoms with Gasteiger partial charge in [0.2, 0.25) is 0 Å². The largest absolute Gasteiger partial charge is 0.507 e. The van der Waals surface area contributed by atoms with Crippen molar-refractivity contribution < 1.29 is 24.5 Å². The molecular formula is C22H14N4O7. The molecule has 1 unspecified atom stereocenters. The van der Waals surface area contributed by atoms with E-state index in [2.05, 4.69) is 4.98 Å². The highest BCUT2D eigenvalue weighted by molar-refractivity contribution is 6.51. The first-order valence-electron chi connectivity index (χ1n) is 9.51. The topological polar surface area (TPSA) is 157 Å². The Kier molecular flexibility index (Phi) is 5.36. The van der Waals surface area contributed by atoms with Crippen LogP contribution in [0.15, 0.2) is 78.5 Å². The number of hydrogen-bond acceptors (Lipinski definition) is 8. The van der Waals surface area contributed by atoms with Crippen molar-refractivity contribution in [1.82, 2.24) is 4.98 Å². The van der Waals surface area contributed by atoms with Crippen molar-refractivity contribution in [2.24, 2.45) is 0 Å². The third-order valence-corrected chi connectivity index (χ3v) is 5.11. The Morgan fingerprint density at radius 2 is 1.45 bits per heavy atom. The number of non-ortho nitro benzene ring substituents is 2. The number of ketones is 1. The summed E-state index contributed by atoms with van der Waals surface area (Å²) in [5.41, 5.74) is -0.259. The lowest BCUT2D eigenvalue weighted by atomic mass is 9.95. The van der Waals surface area contributed by atoms with E-state index in [1.54, 1.807) is 12.1 Å². The summed E-state index contributed by atoms with van der Waals surface area (Å²) in [7, 11) is 0. The van der Waals surface area contributed by atoms with Gasteiger partial charge in [0.05, 0.1) is 21.5 Å². The molecule has 1 amide bonds. The van der Waals surface area contributed by atoms with Crippen molar-refractivity contribution in [2.75, 3.05) is 4.90 Å². The molecule has 2 heterocycles. The lowest BCUT2D eigenvalue weighted by molar-refractivity contribution is -0.385. The third-order valence-electron chi connectivity index (χ3n) is 5.11. The standard InChI is InChI=1S/C22H14N4O7/c27-20(14-6-10-16(11-7-14)26(32)33)18-19(13-4-8-15(9-5-13)25(30)31)24(22(29)21(18)28)17-3-1-2-12-23-17/h1-12,19,27H. The molecule has 11 heteroatoms. The summed E-state index contributed by atoms with van der Waals surface area (Å²) in [5.74, 6) is -2.32. The predicted molar refractivity (Wildman–Crippen MR) is 115 cm³/mol. The fourth-order valence-corrected chi connectivity index (χ4v) is 3.56. The fourth-order valence-electron chi connectivity index (χ4n) is 3.56. The fraction of sp³-hybridized carbons (Fsp3) is 0.0455. The van der Waals surface area contributed by atoms with Gasteiger partial charge in [-0.15, -0.1) is 0 Å². The molecule has 1 aliphatic rings. The van der Waals surface area contributed by atoms with E-state index < -0.39 is 33.3 Å². The summed E-state index contributed by atoms with van der Waals surface area (Å²) in [6.45, 7) is 0. The molecule has 3 aromatic rings. The van der Waals surface area contributed by atoms with Gasteiger partial charge in [0.25, 0.3) is 17.2 Å². The molecule has 164 valence electrons. The van der Waals surface area contributed by atoms with E-state index in [-0.39, 0.29) is 28.3 Å². The van der Waals surface area contributed by atoms with Crippen LogP contribution in [-0.2, 0) is 9.59 Å². The summed E-state index contributed by atoms with van der Waals surface area (Å²) >= 11 is 0. The van der Waals surface area contributed by atoms with Gasteiger partial charge in [-0.2, -0.15) is 0 Å². The number of benzene rings is 2. The molecule has 1 fully saturated rings. The number of aliphatic hydroxyl groups excluding tert-OH is 1. The lowest BCUT2D eigenvalue weighted by Crippen LogP contribution is -2.30. The van der Waals surface area contributed by atoms with Crippen molar-refractivity contribution in [2.45, 2.75) is 6.04 Å². The number of carbonyl (C=O) groups excluding carboxylic acids is 2. The summed E-state index contributed by atoms with van der Waals surface area (Å²) in [4.78, 5) is 51.9. The van der Waals surface area contributed by atoms with E-state index in [0.717, 1.165) is 17.0 Å². The Morgan fingerprint density at radius 3 is 1.97 bits per heavy atom. The Balaban J connectivity index is 1.90. The third kappa shape index (κ3) is 3.78. The maximum Gasteiger partial charge on any atom is 0.301 e. The maximum absolute atomic E-state index is 13.0. The molecule has 33 heavy (non-hydrogen) atoms. The SMILES string of the molecule is O=C1C(=O)N(c2ccccn2)C(c2ccc([N+](=O)[O-])cc2)C1=C(O)c1ccc([N+](=O)[O-])cc1. The van der Waals surface area contributed by atoms with Gasteiger partial charge in [-0.1, -0.05) is 6.07 Å². The molecule has 4 rings (SSSR count). The van der Waals surface area contributed by atoms with Crippen LogP contribution in [-0.4, -0.2) is 31.6 Å². The number of nitro benzene ring substituents is 2. The Labute approximate surface area is 185 Å². The van der Waals surface area contributed by atoms with E-state index in [9.17, 15) is 34.9 Å². The second-order valence-electron chi connectivity index (χ2n) is 7.01. The van der Waals surface area contributed by atoms with Crippen LogP contribution in [0.5, 0.6) is 0 Å². The van der Waals surface area contributed by atoms with Crippen molar-refractivity contribution in [3.8, 4) is 0 Å². The minimum absolute atomic E-state index is 0.0894. The number of rotatable bonds is 5. The zero-order valence-corrected chi connectivity index (χ0v) is 16.7. The van der Waals surface area contributed by atoms with E-state index in [4.69, 9.17) is 0 Å². The van der Waals surface area contributed by atoms with Gasteiger partial charge in [0.15, 0.2) is 0 Å². The molecule has 11 nitrogen and oxygen atoms in total. The van der Waals surface area contributed by atoms with Crippen LogP contribution in [0.4, 0.5) is 17.2 Å². The van der Waals surface area contributed by atoms with Crippen LogP contribution in [0, 0.1) is 20.2 Å². The van der Waals surface area contributed by atoms with E-state index in [1.165, 1.54) is 48.7 Å². The molecule has 0 aliphatic carbocycles. The number of amides is 1. The molecule has 1 atom stereocenters. The normalized spacial score (nSPS) is 17.2. The highest BCUT2D eigenvalue weighted by Gasteiger charge is 2.47. The van der Waals surface area contributed by atoms with Crippen LogP contribution in [0.25, 0.3) is 5.76 Å². The van der Waals surface area contributed by atoms with Gasteiger partial charge in [-0.25, -0.2) is 4.98 Å². The molecule has 1 saturated heterocycles. The van der Waals surface area contributed by atoms with Gasteiger partial charge >= 0.3 is 5.91 Å². The minimum atomic E-state index is -1.13. The summed E-state index contributed by atoms with van der Waals surface area (Å²) in [6.07, 6.45) is 1.43. The predicted octanol–water partition coefficient (Wildman–Crippen LogP) is 3.52. The average Bonchev–Trinajstić information content (AvgIpc) is 3.09. The van der Waals surface area contributed by atoms with Crippen LogP contribution >= 0.6 is 0 Å². The summed E-state index contributed by atoms with van der Waals surface area (Å²) in [5, 5.41) is 32.9. The smallest absolute Gasteiger partial charge is 0.301 e. The monoisotopic (exact) mass is 446 g/mol. The molecule has 0 bridgehead atoms. The van der Waals surface area contributed by atoms with Crippen molar-refractivity contribution in [3.63, 3.8) is 0 Å². The van der Waals surface area contributed by atoms with Crippen molar-refractivity contribution >= 4 is 34.6 Å². The molecule has 2 aromatic carbocycles. The van der Waals surface area contributed by atoms with E-state index in [1.807, 2.05) is 0 Å². The molecule has 1 N–H and O–H groups in total. The maximum atomic E-state index is 13.0. The second kappa shape index (κ2) is 8.30. The molecular weight excluding hydrogens is 432 g/mol. The Hall–Kier alpha value is -4.93. The lowest BCUT2D eigenvalue weighted by Gasteiger charge is -2.24. The second-order valence-corrected chi connectivity index (χ2v) is 7.01. The number of nitrogens with zero attached hydrogens (tertiary/aromatic N) is 4. The summed E-state index contributed by atoms with van der Waals surface area (Å²) in [6, 6.07) is 13.7. The highest BCUT2D eigenvalue weighted by Crippen LogP contribution is 2.41. The quantitative estimate of drug-likeness (QED) is 0.205. The van der Waals surface area contributed by atoms with Gasteiger partial charge < -0.3 is 5.11 Å². The minimum Gasteiger partial charge on any atom is -0.507 e. The number of nitro groups is 2. The van der Waals surface area contributed by atoms with Crippen molar-refractivity contribution in [3.05, 3.63) is 110 Å². The van der Waals surface area contributed by atoms with Gasteiger partial charge in [-0.3, -0.25) is 34.7 Å². The molecule has 0 saturated carbocycles. The van der Waals surface area contributed by atoms with Gasteiger partial charge in [-0.05, 0) is 42.0 Å². The number of anilines is 1. The van der Waals surface area contributed by atoms with Crippen molar-refractivity contribution in [1.29, 1.82) is 0 Å². The van der Waals surface area contributed by atoms with Crippen LogP contribution < -0.4 is 4.90 Å². The molecule has 0 spiro atoms. The first-order valence-corrected chi connectivity index (χ1v) is 9.51. The Morgan fingerprint density at radius 1 is 0.879 bits per heavy atom. The summed E-state index contributed by atoms with van der Waals surface area (Å²) < 4.78 is 0. The van der Waals surface area contributed by atoms with E-state index >= 15 is 0 Å². The number of pyridine rings is 1. The first-order chi connectivity index (χ1) is 15.8. The number of aromatic nitrogens is 1. The average molecular weight is 446 g/mol. The number of Topliss-reactive ketones (excluding diaryl/α,β-unsaturated/α-hetero) is 1. The van der Waals surface area contributed by atoms with Crippen LogP contribution in [0.2, 0.25) is 0 Å².